The van der Waals surface area contributed by atoms with Gasteiger partial charge >= 0.3 is 0 Å². The second-order valence-electron chi connectivity index (χ2n) is 5.98. The lowest BCUT2D eigenvalue weighted by atomic mass is 9.84. The zero-order chi connectivity index (χ0) is 15.1. The third-order valence-corrected chi connectivity index (χ3v) is 4.78. The standard InChI is InChI=1S/C18H28ClNO/c1-3-14-7-5-6-8-17(14)21-18(13-20-4-2)15-9-11-16(19)12-10-15/h9-12,14,17-18,20H,3-8,13H2,1-2H3. The Morgan fingerprint density at radius 3 is 2.57 bits per heavy atom. The fraction of sp³-hybridized carbons (Fsp3) is 0.667. The smallest absolute Gasteiger partial charge is 0.0953 e. The van der Waals surface area contributed by atoms with Gasteiger partial charge in [-0.2, -0.15) is 0 Å². The maximum atomic E-state index is 6.52. The molecule has 3 heteroatoms. The highest BCUT2D eigenvalue weighted by atomic mass is 35.5. The molecule has 118 valence electrons. The summed E-state index contributed by atoms with van der Waals surface area (Å²) in [6, 6.07) is 8.09. The van der Waals surface area contributed by atoms with E-state index in [0.29, 0.717) is 6.10 Å². The van der Waals surface area contributed by atoms with Gasteiger partial charge in [0.1, 0.15) is 0 Å². The van der Waals surface area contributed by atoms with Gasteiger partial charge in [0.2, 0.25) is 0 Å². The molecular formula is C18H28ClNO. The fourth-order valence-corrected chi connectivity index (χ4v) is 3.35. The Bertz CT molecular complexity index is 406. The van der Waals surface area contributed by atoms with Crippen molar-refractivity contribution < 1.29 is 4.74 Å². The second-order valence-corrected chi connectivity index (χ2v) is 6.41. The van der Waals surface area contributed by atoms with Gasteiger partial charge in [-0.3, -0.25) is 0 Å². The first-order valence-electron chi connectivity index (χ1n) is 8.36. The van der Waals surface area contributed by atoms with Crippen LogP contribution in [0.5, 0.6) is 0 Å². The predicted molar refractivity (Wildman–Crippen MR) is 89.9 cm³/mol. The molecule has 1 fully saturated rings. The Balaban J connectivity index is 2.06. The maximum absolute atomic E-state index is 6.52. The van der Waals surface area contributed by atoms with Crippen LogP contribution in [0.4, 0.5) is 0 Å². The van der Waals surface area contributed by atoms with Crippen LogP contribution in [0.2, 0.25) is 5.02 Å². The van der Waals surface area contributed by atoms with Crippen molar-refractivity contribution in [1.82, 2.24) is 5.32 Å². The summed E-state index contributed by atoms with van der Waals surface area (Å²) in [5, 5.41) is 4.21. The summed E-state index contributed by atoms with van der Waals surface area (Å²) >= 11 is 6.00. The van der Waals surface area contributed by atoms with Crippen molar-refractivity contribution in [2.75, 3.05) is 13.1 Å². The minimum absolute atomic E-state index is 0.124. The molecule has 1 N–H and O–H groups in total. The molecule has 0 heterocycles. The molecule has 3 atom stereocenters. The van der Waals surface area contributed by atoms with Gasteiger partial charge in [0.15, 0.2) is 0 Å². The molecule has 1 aliphatic rings. The average Bonchev–Trinajstić information content (AvgIpc) is 2.52. The van der Waals surface area contributed by atoms with Crippen LogP contribution in [-0.2, 0) is 4.74 Å². The summed E-state index contributed by atoms with van der Waals surface area (Å²) in [5.41, 5.74) is 1.22. The summed E-state index contributed by atoms with van der Waals surface area (Å²) < 4.78 is 6.52. The number of ether oxygens (including phenoxy) is 1. The third kappa shape index (κ3) is 4.98. The first-order chi connectivity index (χ1) is 10.2. The number of benzene rings is 1. The third-order valence-electron chi connectivity index (χ3n) is 4.52. The number of nitrogens with one attached hydrogen (secondary N) is 1. The predicted octanol–water partition coefficient (Wildman–Crippen LogP) is 4.98. The zero-order valence-corrected chi connectivity index (χ0v) is 14.0. The monoisotopic (exact) mass is 309 g/mol. The molecule has 0 spiro atoms. The van der Waals surface area contributed by atoms with Crippen molar-refractivity contribution in [3.8, 4) is 0 Å². The Kier molecular flexibility index (Phi) is 7.01. The molecule has 21 heavy (non-hydrogen) atoms. The molecule has 0 bridgehead atoms. The lowest BCUT2D eigenvalue weighted by Crippen LogP contribution is -2.32. The second kappa shape index (κ2) is 8.77. The van der Waals surface area contributed by atoms with E-state index in [9.17, 15) is 0 Å². The molecule has 3 unspecified atom stereocenters. The zero-order valence-electron chi connectivity index (χ0n) is 13.3. The molecule has 0 aromatic heterocycles. The molecule has 2 rings (SSSR count). The largest absolute Gasteiger partial charge is 0.369 e. The molecule has 0 saturated heterocycles. The van der Waals surface area contributed by atoms with Crippen LogP contribution >= 0.6 is 11.6 Å². The SMILES string of the molecule is CCNCC(OC1CCCCC1CC)c1ccc(Cl)cc1. The van der Waals surface area contributed by atoms with Crippen LogP contribution in [0.15, 0.2) is 24.3 Å². The topological polar surface area (TPSA) is 21.3 Å². The highest BCUT2D eigenvalue weighted by Gasteiger charge is 2.27. The Morgan fingerprint density at radius 2 is 1.90 bits per heavy atom. The molecule has 0 amide bonds. The van der Waals surface area contributed by atoms with Crippen LogP contribution in [0.1, 0.15) is 57.6 Å². The van der Waals surface area contributed by atoms with Gasteiger partial charge < -0.3 is 10.1 Å². The highest BCUT2D eigenvalue weighted by molar-refractivity contribution is 6.30. The van der Waals surface area contributed by atoms with E-state index in [-0.39, 0.29) is 6.10 Å². The van der Waals surface area contributed by atoms with Crippen molar-refractivity contribution in [2.24, 2.45) is 5.92 Å². The Hall–Kier alpha value is -0.570. The van der Waals surface area contributed by atoms with Gasteiger partial charge in [-0.05, 0) is 43.0 Å². The van der Waals surface area contributed by atoms with Crippen LogP contribution in [-0.4, -0.2) is 19.2 Å². The summed E-state index contributed by atoms with van der Waals surface area (Å²) in [4.78, 5) is 0. The molecular weight excluding hydrogens is 282 g/mol. The minimum atomic E-state index is 0.124. The van der Waals surface area contributed by atoms with E-state index in [0.717, 1.165) is 24.0 Å². The summed E-state index contributed by atoms with van der Waals surface area (Å²) in [6.07, 6.45) is 6.93. The summed E-state index contributed by atoms with van der Waals surface area (Å²) in [5.74, 6) is 0.718. The number of likely N-dealkylation sites (N-methyl/N-ethyl adjacent to an activating group) is 1. The van der Waals surface area contributed by atoms with Gasteiger partial charge in [-0.15, -0.1) is 0 Å². The van der Waals surface area contributed by atoms with Gasteiger partial charge in [0.25, 0.3) is 0 Å². The minimum Gasteiger partial charge on any atom is -0.369 e. The van der Waals surface area contributed by atoms with Crippen LogP contribution in [0.25, 0.3) is 0 Å². The van der Waals surface area contributed by atoms with Crippen molar-refractivity contribution in [3.63, 3.8) is 0 Å². The molecule has 1 aliphatic carbocycles. The summed E-state index contributed by atoms with van der Waals surface area (Å²) in [6.45, 7) is 6.25. The molecule has 1 saturated carbocycles. The Labute approximate surface area is 134 Å². The summed E-state index contributed by atoms with van der Waals surface area (Å²) in [7, 11) is 0. The number of hydrogen-bond donors (Lipinski definition) is 1. The first kappa shape index (κ1) is 16.8. The molecule has 0 radical (unpaired) electrons. The quantitative estimate of drug-likeness (QED) is 0.767. The first-order valence-corrected chi connectivity index (χ1v) is 8.74. The van der Waals surface area contributed by atoms with Crippen LogP contribution < -0.4 is 5.32 Å². The molecule has 2 nitrogen and oxygen atoms in total. The van der Waals surface area contributed by atoms with E-state index in [1.54, 1.807) is 0 Å². The van der Waals surface area contributed by atoms with E-state index in [2.05, 4.69) is 31.3 Å². The normalized spacial score (nSPS) is 24.0. The maximum Gasteiger partial charge on any atom is 0.0953 e. The molecule has 1 aromatic rings. The lowest BCUT2D eigenvalue weighted by Gasteiger charge is -2.34. The van der Waals surface area contributed by atoms with Gasteiger partial charge in [-0.25, -0.2) is 0 Å². The number of halogens is 1. The van der Waals surface area contributed by atoms with Crippen LogP contribution in [0, 0.1) is 5.92 Å². The van der Waals surface area contributed by atoms with Gasteiger partial charge in [0, 0.05) is 11.6 Å². The van der Waals surface area contributed by atoms with E-state index < -0.39 is 0 Å². The van der Waals surface area contributed by atoms with E-state index >= 15 is 0 Å². The van der Waals surface area contributed by atoms with Crippen molar-refractivity contribution in [1.29, 1.82) is 0 Å². The van der Waals surface area contributed by atoms with Crippen molar-refractivity contribution in [2.45, 2.75) is 58.2 Å². The van der Waals surface area contributed by atoms with Gasteiger partial charge in [-0.1, -0.05) is 56.8 Å². The fourth-order valence-electron chi connectivity index (χ4n) is 3.23. The highest BCUT2D eigenvalue weighted by Crippen LogP contribution is 2.33. The number of rotatable bonds is 7. The average molecular weight is 310 g/mol. The van der Waals surface area contributed by atoms with E-state index in [4.69, 9.17) is 16.3 Å². The van der Waals surface area contributed by atoms with Crippen LogP contribution in [0.3, 0.4) is 0 Å². The molecule has 1 aromatic carbocycles. The van der Waals surface area contributed by atoms with Crippen molar-refractivity contribution in [3.05, 3.63) is 34.9 Å². The van der Waals surface area contributed by atoms with Gasteiger partial charge in [0.05, 0.1) is 12.2 Å². The lowest BCUT2D eigenvalue weighted by molar-refractivity contribution is -0.0614. The molecule has 0 aliphatic heterocycles. The van der Waals surface area contributed by atoms with E-state index in [1.165, 1.54) is 37.7 Å². The Morgan fingerprint density at radius 1 is 1.19 bits per heavy atom. The van der Waals surface area contributed by atoms with Crippen molar-refractivity contribution >= 4 is 11.6 Å². The number of hydrogen-bond acceptors (Lipinski definition) is 2. The van der Waals surface area contributed by atoms with E-state index in [1.807, 2.05) is 12.1 Å².